The van der Waals surface area contributed by atoms with Gasteiger partial charge in [-0.1, -0.05) is 18.2 Å². The molecule has 0 radical (unpaired) electrons. The van der Waals surface area contributed by atoms with Crippen LogP contribution < -0.4 is 0 Å². The predicted molar refractivity (Wildman–Crippen MR) is 103 cm³/mol. The predicted octanol–water partition coefficient (Wildman–Crippen LogP) is 3.88. The van der Waals surface area contributed by atoms with Crippen molar-refractivity contribution in [3.63, 3.8) is 0 Å². The third-order valence-electron chi connectivity index (χ3n) is 4.79. The van der Waals surface area contributed by atoms with Crippen LogP contribution in [0.25, 0.3) is 5.69 Å². The summed E-state index contributed by atoms with van der Waals surface area (Å²) in [5.41, 5.74) is 3.83. The fourth-order valence-electron chi connectivity index (χ4n) is 3.30. The Bertz CT molecular complexity index is 905. The monoisotopic (exact) mass is 350 g/mol. The summed E-state index contributed by atoms with van der Waals surface area (Å²) in [6.45, 7) is 8.62. The number of imidazole rings is 1. The molecule has 26 heavy (non-hydrogen) atoms. The smallest absolute Gasteiger partial charge is 0.256 e. The molecule has 1 amide bonds. The van der Waals surface area contributed by atoms with Gasteiger partial charge in [-0.3, -0.25) is 4.79 Å². The van der Waals surface area contributed by atoms with Crippen molar-refractivity contribution < 1.29 is 4.79 Å². The van der Waals surface area contributed by atoms with E-state index in [1.165, 1.54) is 0 Å². The molecule has 0 N–H and O–H groups in total. The zero-order chi connectivity index (χ0) is 18.8. The van der Waals surface area contributed by atoms with E-state index in [0.717, 1.165) is 28.5 Å². The summed E-state index contributed by atoms with van der Waals surface area (Å²) < 4.78 is 4.09. The second kappa shape index (κ2) is 7.20. The van der Waals surface area contributed by atoms with Crippen LogP contribution in [0.3, 0.4) is 0 Å². The van der Waals surface area contributed by atoms with Crippen LogP contribution in [0, 0.1) is 13.8 Å². The van der Waals surface area contributed by atoms with Crippen molar-refractivity contribution in [2.45, 2.75) is 40.3 Å². The highest BCUT2D eigenvalue weighted by atomic mass is 16.2. The van der Waals surface area contributed by atoms with E-state index in [1.807, 2.05) is 74.7 Å². The first-order valence-corrected chi connectivity index (χ1v) is 8.91. The van der Waals surface area contributed by atoms with E-state index in [-0.39, 0.29) is 11.9 Å². The van der Waals surface area contributed by atoms with E-state index in [1.54, 1.807) is 6.20 Å². The number of nitrogens with zero attached hydrogens (tertiary/aromatic N) is 4. The number of benzene rings is 1. The Hall–Kier alpha value is -2.82. The maximum Gasteiger partial charge on any atom is 0.256 e. The first kappa shape index (κ1) is 18.0. The van der Waals surface area contributed by atoms with E-state index < -0.39 is 0 Å². The second-order valence-corrected chi connectivity index (χ2v) is 6.94. The van der Waals surface area contributed by atoms with E-state index in [4.69, 9.17) is 0 Å². The molecule has 0 aliphatic heterocycles. The van der Waals surface area contributed by atoms with E-state index in [9.17, 15) is 4.79 Å². The van der Waals surface area contributed by atoms with Gasteiger partial charge in [0.25, 0.3) is 5.91 Å². The number of carbonyl (C=O) groups is 1. The molecule has 2 aromatic heterocycles. The number of aryl methyl sites for hydroxylation is 2. The van der Waals surface area contributed by atoms with Gasteiger partial charge in [0.1, 0.15) is 5.82 Å². The van der Waals surface area contributed by atoms with Gasteiger partial charge < -0.3 is 14.0 Å². The van der Waals surface area contributed by atoms with Gasteiger partial charge in [-0.2, -0.15) is 0 Å². The minimum absolute atomic E-state index is 0.0401. The van der Waals surface area contributed by atoms with Gasteiger partial charge in [0.2, 0.25) is 0 Å². The summed E-state index contributed by atoms with van der Waals surface area (Å²) in [4.78, 5) is 19.6. The van der Waals surface area contributed by atoms with Crippen molar-refractivity contribution in [1.29, 1.82) is 0 Å². The third kappa shape index (κ3) is 3.29. The number of carbonyl (C=O) groups excluding carboxylic acids is 1. The van der Waals surface area contributed by atoms with Crippen molar-refractivity contribution in [2.75, 3.05) is 0 Å². The van der Waals surface area contributed by atoms with Crippen molar-refractivity contribution in [3.05, 3.63) is 71.6 Å². The Kier molecular flexibility index (Phi) is 4.98. The van der Waals surface area contributed by atoms with Gasteiger partial charge in [-0.05, 0) is 45.9 Å². The lowest BCUT2D eigenvalue weighted by atomic mass is 10.2. The van der Waals surface area contributed by atoms with Crippen LogP contribution in [0.2, 0.25) is 0 Å². The van der Waals surface area contributed by atoms with E-state index in [0.29, 0.717) is 6.54 Å². The molecule has 0 aliphatic rings. The lowest BCUT2D eigenvalue weighted by molar-refractivity contribution is 0.0682. The van der Waals surface area contributed by atoms with Crippen molar-refractivity contribution in [2.24, 2.45) is 7.05 Å². The zero-order valence-corrected chi connectivity index (χ0v) is 16.1. The third-order valence-corrected chi connectivity index (χ3v) is 4.79. The van der Waals surface area contributed by atoms with Crippen LogP contribution in [0.4, 0.5) is 0 Å². The summed E-state index contributed by atoms with van der Waals surface area (Å²) in [5.74, 6) is 0.919. The van der Waals surface area contributed by atoms with Crippen LogP contribution in [-0.2, 0) is 13.6 Å². The minimum atomic E-state index is 0.0401. The number of hydrogen-bond donors (Lipinski definition) is 0. The molecule has 3 aromatic rings. The van der Waals surface area contributed by atoms with Gasteiger partial charge in [0.15, 0.2) is 0 Å². The minimum Gasteiger partial charge on any atom is -0.337 e. The maximum absolute atomic E-state index is 13.3. The second-order valence-electron chi connectivity index (χ2n) is 6.94. The molecule has 3 rings (SSSR count). The first-order chi connectivity index (χ1) is 12.4. The number of para-hydroxylation sites is 1. The van der Waals surface area contributed by atoms with Crippen molar-refractivity contribution in [3.8, 4) is 5.69 Å². The lowest BCUT2D eigenvalue weighted by Gasteiger charge is -2.26. The van der Waals surface area contributed by atoms with E-state index >= 15 is 0 Å². The normalized spacial score (nSPS) is 11.2. The summed E-state index contributed by atoms with van der Waals surface area (Å²) in [6.07, 6.45) is 3.67. The average Bonchev–Trinajstić information content (AvgIpc) is 3.15. The highest BCUT2D eigenvalue weighted by Crippen LogP contribution is 2.23. The molecular weight excluding hydrogens is 324 g/mol. The topological polar surface area (TPSA) is 43.1 Å². The Labute approximate surface area is 154 Å². The number of aromatic nitrogens is 3. The highest BCUT2D eigenvalue weighted by Gasteiger charge is 2.25. The molecule has 0 bridgehead atoms. The van der Waals surface area contributed by atoms with Crippen molar-refractivity contribution >= 4 is 5.91 Å². The standard InChI is InChI=1S/C21H26N4O/c1-15(2)24(14-20-22-11-12-23(20)5)21(26)19-13-16(3)25(17(19)4)18-9-7-6-8-10-18/h6-13,15H,14H2,1-5H3. The molecule has 0 atom stereocenters. The van der Waals surface area contributed by atoms with Crippen LogP contribution in [0.15, 0.2) is 48.8 Å². The number of amides is 1. The van der Waals surface area contributed by atoms with Gasteiger partial charge in [0.05, 0.1) is 12.1 Å². The fraction of sp³-hybridized carbons (Fsp3) is 0.333. The summed E-state index contributed by atoms with van der Waals surface area (Å²) in [5, 5.41) is 0. The Morgan fingerprint density at radius 3 is 2.46 bits per heavy atom. The maximum atomic E-state index is 13.3. The molecule has 0 unspecified atom stereocenters. The van der Waals surface area contributed by atoms with Gasteiger partial charge in [0, 0.05) is 42.6 Å². The lowest BCUT2D eigenvalue weighted by Crippen LogP contribution is -2.37. The first-order valence-electron chi connectivity index (χ1n) is 8.91. The number of hydrogen-bond acceptors (Lipinski definition) is 2. The molecule has 5 heteroatoms. The molecule has 2 heterocycles. The zero-order valence-electron chi connectivity index (χ0n) is 16.1. The average molecular weight is 350 g/mol. The van der Waals surface area contributed by atoms with E-state index in [2.05, 4.69) is 21.7 Å². The Morgan fingerprint density at radius 2 is 1.88 bits per heavy atom. The Morgan fingerprint density at radius 1 is 1.19 bits per heavy atom. The van der Waals surface area contributed by atoms with Crippen LogP contribution in [-0.4, -0.2) is 31.0 Å². The van der Waals surface area contributed by atoms with Gasteiger partial charge >= 0.3 is 0 Å². The quantitative estimate of drug-likeness (QED) is 0.701. The summed E-state index contributed by atoms with van der Waals surface area (Å²) in [6, 6.07) is 12.2. The molecule has 5 nitrogen and oxygen atoms in total. The molecule has 1 aromatic carbocycles. The largest absolute Gasteiger partial charge is 0.337 e. The molecule has 136 valence electrons. The number of rotatable bonds is 5. The molecule has 0 fully saturated rings. The van der Waals surface area contributed by atoms with Gasteiger partial charge in [-0.25, -0.2) is 4.98 Å². The highest BCUT2D eigenvalue weighted by molar-refractivity contribution is 5.96. The van der Waals surface area contributed by atoms with Crippen molar-refractivity contribution in [1.82, 2.24) is 19.0 Å². The molecule has 0 aliphatic carbocycles. The van der Waals surface area contributed by atoms with Gasteiger partial charge in [-0.15, -0.1) is 0 Å². The molecular formula is C21H26N4O. The molecule has 0 saturated carbocycles. The fourth-order valence-corrected chi connectivity index (χ4v) is 3.30. The molecule has 0 saturated heterocycles. The van der Waals surface area contributed by atoms with Crippen LogP contribution in [0.5, 0.6) is 0 Å². The molecule has 0 spiro atoms. The van der Waals surface area contributed by atoms with Crippen LogP contribution >= 0.6 is 0 Å². The SMILES string of the molecule is Cc1cc(C(=O)N(Cc2nccn2C)C(C)C)c(C)n1-c1ccccc1. The summed E-state index contributed by atoms with van der Waals surface area (Å²) >= 11 is 0. The van der Waals surface area contributed by atoms with Crippen LogP contribution in [0.1, 0.15) is 41.4 Å². The Balaban J connectivity index is 1.97. The summed E-state index contributed by atoms with van der Waals surface area (Å²) in [7, 11) is 1.95.